The Kier molecular flexibility index (Phi) is 10.6. The summed E-state index contributed by atoms with van der Waals surface area (Å²) in [5.41, 5.74) is -1.34. The van der Waals surface area contributed by atoms with Crippen molar-refractivity contribution in [1.29, 1.82) is 0 Å². The van der Waals surface area contributed by atoms with Crippen molar-refractivity contribution >= 4 is 62.5 Å². The predicted molar refractivity (Wildman–Crippen MR) is 189 cm³/mol. The average molecular weight is 758 g/mol. The Bertz CT molecular complexity index is 2380. The molecule has 1 saturated heterocycles. The molecule has 0 saturated carbocycles. The highest BCUT2D eigenvalue weighted by atomic mass is 32.2. The molecule has 1 aliphatic heterocycles. The Hall–Kier alpha value is -5.69. The van der Waals surface area contributed by atoms with Crippen LogP contribution in [-0.4, -0.2) is 60.5 Å². The third kappa shape index (κ3) is 8.69. The lowest BCUT2D eigenvalue weighted by Crippen LogP contribution is -2.37. The van der Waals surface area contributed by atoms with Crippen LogP contribution < -0.4 is 26.7 Å². The van der Waals surface area contributed by atoms with E-state index in [9.17, 15) is 41.0 Å². The van der Waals surface area contributed by atoms with Gasteiger partial charge in [0.25, 0.3) is 11.1 Å². The number of nitrogens with one attached hydrogen (secondary N) is 4. The van der Waals surface area contributed by atoms with Gasteiger partial charge in [-0.1, -0.05) is 23.9 Å². The zero-order chi connectivity index (χ0) is 37.9. The number of aromatic amines is 2. The number of piperidine rings is 1. The molecule has 5 heterocycles. The number of halogens is 6. The molecule has 0 spiro atoms. The first-order valence-electron chi connectivity index (χ1n) is 15.8. The van der Waals surface area contributed by atoms with Crippen LogP contribution in [0.4, 0.5) is 55.3 Å². The van der Waals surface area contributed by atoms with E-state index >= 15 is 0 Å². The SMILES string of the molecule is CSc1nc(Nc2cccc(C(F)(F)F)c2)c2c(=O)[nH]ccc2n1.O=c1[nH]ccc2nc(N3CCC(O)CC3)nc(Nc3cccc(C(F)(F)F)c3)c12. The maximum absolute atomic E-state index is 13.0. The minimum Gasteiger partial charge on any atom is -0.393 e. The third-order valence-electron chi connectivity index (χ3n) is 8.04. The van der Waals surface area contributed by atoms with Crippen LogP contribution in [0.5, 0.6) is 0 Å². The number of alkyl halides is 6. The number of anilines is 5. The number of rotatable bonds is 6. The normalized spacial score (nSPS) is 13.8. The van der Waals surface area contributed by atoms with Gasteiger partial charge in [-0.25, -0.2) is 15.0 Å². The van der Waals surface area contributed by atoms with Crippen molar-refractivity contribution in [2.75, 3.05) is 34.9 Å². The molecule has 1 fully saturated rings. The number of aliphatic hydroxyl groups excluding tert-OH is 1. The standard InChI is InChI=1S/C19H18F3N5O2.C15H11F3N4OS/c20-19(21,22)11-2-1-3-12(10-11)24-16-15-14(4-7-23-17(15)29)25-18(26-16)27-8-5-13(28)6-9-27;1-24-14-21-10-5-6-19-13(23)11(10)12(22-14)20-9-4-2-3-8(7-9)15(16,17)18/h1-4,7,10,13,28H,5-6,8-9H2,(H,23,29)(H,24,25,26);2-7H,1H3,(H,19,23)(H,20,21,22). The summed E-state index contributed by atoms with van der Waals surface area (Å²) < 4.78 is 77.6. The number of hydrogen-bond donors (Lipinski definition) is 5. The molecule has 0 radical (unpaired) electrons. The van der Waals surface area contributed by atoms with Crippen LogP contribution in [0.25, 0.3) is 21.8 Å². The molecule has 4 aromatic heterocycles. The van der Waals surface area contributed by atoms with E-state index in [2.05, 4.69) is 40.5 Å². The Labute approximate surface area is 299 Å². The van der Waals surface area contributed by atoms with Crippen molar-refractivity contribution in [3.8, 4) is 0 Å². The fourth-order valence-electron chi connectivity index (χ4n) is 5.45. The molecule has 0 aliphatic carbocycles. The van der Waals surface area contributed by atoms with Crippen molar-refractivity contribution in [2.24, 2.45) is 0 Å². The second-order valence-electron chi connectivity index (χ2n) is 11.7. The summed E-state index contributed by atoms with van der Waals surface area (Å²) in [5, 5.41) is 16.1. The van der Waals surface area contributed by atoms with E-state index < -0.39 is 34.6 Å². The minimum atomic E-state index is -4.48. The van der Waals surface area contributed by atoms with E-state index in [1.54, 1.807) is 18.4 Å². The van der Waals surface area contributed by atoms with Gasteiger partial charge in [-0.3, -0.25) is 9.59 Å². The number of nitrogens with zero attached hydrogens (tertiary/aromatic N) is 5. The van der Waals surface area contributed by atoms with Gasteiger partial charge in [0.2, 0.25) is 5.95 Å². The lowest BCUT2D eigenvalue weighted by molar-refractivity contribution is -0.138. The highest BCUT2D eigenvalue weighted by Gasteiger charge is 2.31. The maximum atomic E-state index is 13.0. The highest BCUT2D eigenvalue weighted by molar-refractivity contribution is 7.98. The number of hydrogen-bond acceptors (Lipinski definition) is 11. The number of fused-ring (bicyclic) bond motifs is 2. The average Bonchev–Trinajstić information content (AvgIpc) is 3.11. The van der Waals surface area contributed by atoms with Crippen LogP contribution in [0, 0.1) is 0 Å². The third-order valence-corrected chi connectivity index (χ3v) is 8.59. The van der Waals surface area contributed by atoms with Crippen molar-refractivity contribution in [3.05, 3.63) is 105 Å². The number of H-pyrrole nitrogens is 2. The maximum Gasteiger partial charge on any atom is 0.416 e. The van der Waals surface area contributed by atoms with Gasteiger partial charge in [0.1, 0.15) is 22.4 Å². The lowest BCUT2D eigenvalue weighted by atomic mass is 10.1. The number of aliphatic hydroxyl groups is 1. The first-order valence-corrected chi connectivity index (χ1v) is 17.1. The van der Waals surface area contributed by atoms with Crippen LogP contribution in [0.15, 0.2) is 87.8 Å². The van der Waals surface area contributed by atoms with E-state index in [4.69, 9.17) is 0 Å². The second-order valence-corrected chi connectivity index (χ2v) is 12.5. The zero-order valence-electron chi connectivity index (χ0n) is 27.5. The van der Waals surface area contributed by atoms with E-state index in [1.807, 2.05) is 4.90 Å². The van der Waals surface area contributed by atoms with Gasteiger partial charge in [0.05, 0.1) is 28.3 Å². The lowest BCUT2D eigenvalue weighted by Gasteiger charge is -2.30. The molecular weight excluding hydrogens is 728 g/mol. The number of aromatic nitrogens is 6. The van der Waals surface area contributed by atoms with Gasteiger partial charge in [0, 0.05) is 36.9 Å². The summed E-state index contributed by atoms with van der Waals surface area (Å²) in [7, 11) is 0. The van der Waals surface area contributed by atoms with Gasteiger partial charge in [-0.2, -0.15) is 31.3 Å². The van der Waals surface area contributed by atoms with Gasteiger partial charge in [-0.05, 0) is 67.6 Å². The van der Waals surface area contributed by atoms with Crippen LogP contribution in [-0.2, 0) is 12.4 Å². The fraction of sp³-hybridized carbons (Fsp3) is 0.235. The molecule has 7 rings (SSSR count). The summed E-state index contributed by atoms with van der Waals surface area (Å²) in [6.45, 7) is 1.08. The number of pyridine rings is 2. The van der Waals surface area contributed by atoms with Crippen molar-refractivity contribution in [3.63, 3.8) is 0 Å². The van der Waals surface area contributed by atoms with Crippen LogP contribution >= 0.6 is 11.8 Å². The van der Waals surface area contributed by atoms with Crippen molar-refractivity contribution in [2.45, 2.75) is 36.5 Å². The predicted octanol–water partition coefficient (Wildman–Crippen LogP) is 6.84. The molecule has 12 nitrogen and oxygen atoms in total. The molecule has 1 aliphatic rings. The Morgan fingerprint density at radius 1 is 0.736 bits per heavy atom. The molecule has 0 bridgehead atoms. The minimum absolute atomic E-state index is 0.122. The highest BCUT2D eigenvalue weighted by Crippen LogP contribution is 2.34. The van der Waals surface area contributed by atoms with E-state index in [0.717, 1.165) is 24.3 Å². The smallest absolute Gasteiger partial charge is 0.393 e. The molecule has 276 valence electrons. The topological polar surface area (TPSA) is 165 Å². The Balaban J connectivity index is 0.000000185. The quantitative estimate of drug-likeness (QED) is 0.0686. The summed E-state index contributed by atoms with van der Waals surface area (Å²) in [6.07, 6.45) is -3.51. The molecule has 0 unspecified atom stereocenters. The first kappa shape index (κ1) is 37.1. The summed E-state index contributed by atoms with van der Waals surface area (Å²) in [5.74, 6) is 0.632. The molecule has 2 aromatic carbocycles. The van der Waals surface area contributed by atoms with E-state index in [1.165, 1.54) is 48.4 Å². The van der Waals surface area contributed by atoms with E-state index in [0.29, 0.717) is 48.1 Å². The van der Waals surface area contributed by atoms with Crippen LogP contribution in [0.1, 0.15) is 24.0 Å². The molecular formula is C34H29F6N9O3S. The zero-order valence-corrected chi connectivity index (χ0v) is 28.3. The molecule has 0 amide bonds. The second kappa shape index (κ2) is 15.1. The monoisotopic (exact) mass is 757 g/mol. The summed E-state index contributed by atoms with van der Waals surface area (Å²) >= 11 is 1.27. The summed E-state index contributed by atoms with van der Waals surface area (Å²) in [4.78, 5) is 48.6. The molecule has 0 atom stereocenters. The van der Waals surface area contributed by atoms with Crippen molar-refractivity contribution < 1.29 is 31.4 Å². The first-order chi connectivity index (χ1) is 25.2. The molecule has 53 heavy (non-hydrogen) atoms. The van der Waals surface area contributed by atoms with Crippen LogP contribution in [0.3, 0.4) is 0 Å². The molecule has 5 N–H and O–H groups in total. The summed E-state index contributed by atoms with van der Waals surface area (Å²) in [6, 6.07) is 12.6. The van der Waals surface area contributed by atoms with Crippen LogP contribution in [0.2, 0.25) is 0 Å². The number of thioether (sulfide) groups is 1. The molecule has 6 aromatic rings. The van der Waals surface area contributed by atoms with Gasteiger partial charge >= 0.3 is 12.4 Å². The van der Waals surface area contributed by atoms with Gasteiger partial charge < -0.3 is 30.6 Å². The van der Waals surface area contributed by atoms with Gasteiger partial charge in [-0.15, -0.1) is 0 Å². The largest absolute Gasteiger partial charge is 0.416 e. The number of benzene rings is 2. The van der Waals surface area contributed by atoms with Gasteiger partial charge in [0.15, 0.2) is 5.16 Å². The van der Waals surface area contributed by atoms with Crippen molar-refractivity contribution in [1.82, 2.24) is 29.9 Å². The molecule has 19 heteroatoms. The van der Waals surface area contributed by atoms with E-state index in [-0.39, 0.29) is 39.9 Å². The Morgan fingerprint density at radius 3 is 1.72 bits per heavy atom. The fourth-order valence-corrected chi connectivity index (χ4v) is 5.82. The Morgan fingerprint density at radius 2 is 1.23 bits per heavy atom.